The molecule has 2 heterocycles. The minimum absolute atomic E-state index is 0.0645. The summed E-state index contributed by atoms with van der Waals surface area (Å²) in [4.78, 5) is 17.8. The van der Waals surface area contributed by atoms with E-state index in [-0.39, 0.29) is 30.5 Å². The van der Waals surface area contributed by atoms with Gasteiger partial charge in [-0.1, -0.05) is 29.4 Å². The van der Waals surface area contributed by atoms with Crippen LogP contribution in [0, 0.1) is 24.0 Å². The molecule has 0 radical (unpaired) electrons. The third-order valence-electron chi connectivity index (χ3n) is 5.20. The average molecular weight is 411 g/mol. The smallest absolute Gasteiger partial charge is 0.227 e. The number of carbonyl (C=O) groups is 1. The number of amides is 1. The van der Waals surface area contributed by atoms with Gasteiger partial charge in [-0.15, -0.1) is 0 Å². The Labute approximate surface area is 170 Å². The molecule has 0 bridgehead atoms. The molecule has 0 saturated heterocycles. The monoisotopic (exact) mass is 411 g/mol. The van der Waals surface area contributed by atoms with Crippen LogP contribution in [0.1, 0.15) is 23.7 Å². The first-order chi connectivity index (χ1) is 14.4. The lowest BCUT2D eigenvalue weighted by Gasteiger charge is -2.33. The molecule has 5 nitrogen and oxygen atoms in total. The zero-order valence-corrected chi connectivity index (χ0v) is 16.0. The predicted molar refractivity (Wildman–Crippen MR) is 102 cm³/mol. The molecular weight excluding hydrogens is 395 g/mol. The predicted octanol–water partition coefficient (Wildman–Crippen LogP) is 4.83. The molecule has 1 amide bonds. The van der Waals surface area contributed by atoms with Gasteiger partial charge in [-0.2, -0.15) is 0 Å². The summed E-state index contributed by atoms with van der Waals surface area (Å²) in [5, 5.41) is 4.12. The maximum atomic E-state index is 13.5. The third-order valence-corrected chi connectivity index (χ3v) is 5.20. The Morgan fingerprint density at radius 3 is 2.53 bits per heavy atom. The Hall–Kier alpha value is -3.60. The van der Waals surface area contributed by atoms with Gasteiger partial charge in [-0.3, -0.25) is 4.79 Å². The van der Waals surface area contributed by atoms with Gasteiger partial charge in [0.05, 0.1) is 25.2 Å². The quantitative estimate of drug-likeness (QED) is 0.458. The van der Waals surface area contributed by atoms with Crippen LogP contribution < -0.4 is 0 Å². The van der Waals surface area contributed by atoms with Crippen LogP contribution in [-0.4, -0.2) is 22.0 Å². The van der Waals surface area contributed by atoms with Crippen molar-refractivity contribution in [1.82, 2.24) is 10.1 Å². The van der Waals surface area contributed by atoms with Crippen molar-refractivity contribution in [3.63, 3.8) is 0 Å². The van der Waals surface area contributed by atoms with E-state index in [4.69, 9.17) is 11.1 Å². The van der Waals surface area contributed by atoms with Crippen molar-refractivity contribution in [2.24, 2.45) is 0 Å². The largest absolute Gasteiger partial charge is 0.356 e. The number of carbonyl (C=O) groups excluding carboxylic acids is 1. The molecule has 0 N–H and O–H groups in total. The summed E-state index contributed by atoms with van der Waals surface area (Å²) < 4.78 is 45.6. The molecule has 8 heteroatoms. The summed E-state index contributed by atoms with van der Waals surface area (Å²) in [6.45, 7) is 9.12. The highest BCUT2D eigenvalue weighted by Crippen LogP contribution is 2.33. The number of benzene rings is 2. The molecular formula is C22H16F3N3O2. The zero-order chi connectivity index (χ0) is 21.4. The molecule has 1 atom stereocenters. The Kier molecular flexibility index (Phi) is 5.04. The van der Waals surface area contributed by atoms with Gasteiger partial charge in [-0.05, 0) is 24.6 Å². The van der Waals surface area contributed by atoms with Gasteiger partial charge in [0.1, 0.15) is 0 Å². The van der Waals surface area contributed by atoms with Gasteiger partial charge in [0, 0.05) is 23.6 Å². The van der Waals surface area contributed by atoms with Crippen molar-refractivity contribution in [3.8, 4) is 11.3 Å². The maximum absolute atomic E-state index is 13.5. The van der Waals surface area contributed by atoms with Crippen LogP contribution in [0.3, 0.4) is 0 Å². The Bertz CT molecular complexity index is 1140. The molecule has 3 aromatic rings. The molecule has 30 heavy (non-hydrogen) atoms. The van der Waals surface area contributed by atoms with E-state index in [1.807, 2.05) is 6.92 Å². The summed E-state index contributed by atoms with van der Waals surface area (Å²) in [7, 11) is 0. The molecule has 0 aliphatic carbocycles. The van der Waals surface area contributed by atoms with E-state index in [0.717, 1.165) is 29.0 Å². The highest BCUT2D eigenvalue weighted by Gasteiger charge is 2.32. The zero-order valence-electron chi connectivity index (χ0n) is 16.0. The third kappa shape index (κ3) is 3.54. The number of fused-ring (bicyclic) bond motifs is 1. The first-order valence-corrected chi connectivity index (χ1v) is 9.25. The van der Waals surface area contributed by atoms with Crippen LogP contribution in [0.2, 0.25) is 0 Å². The number of nitrogens with zero attached hydrogens (tertiary/aromatic N) is 3. The van der Waals surface area contributed by atoms with Gasteiger partial charge < -0.3 is 9.42 Å². The molecule has 152 valence electrons. The summed E-state index contributed by atoms with van der Waals surface area (Å²) in [5.41, 5.74) is 2.80. The fourth-order valence-corrected chi connectivity index (χ4v) is 3.62. The van der Waals surface area contributed by atoms with E-state index in [1.165, 1.54) is 0 Å². The van der Waals surface area contributed by atoms with Crippen LogP contribution in [-0.2, 0) is 24.2 Å². The lowest BCUT2D eigenvalue weighted by atomic mass is 9.96. The molecule has 1 aliphatic rings. The van der Waals surface area contributed by atoms with Crippen molar-refractivity contribution in [3.05, 3.63) is 82.1 Å². The maximum Gasteiger partial charge on any atom is 0.227 e. The SMILES string of the molecule is [C-]#[N+]c1ccc(-c2onc3c2CN(C(=O)Cc2cc(F)c(F)c(F)c2)[C@@H](C)C3)cc1. The van der Waals surface area contributed by atoms with Crippen molar-refractivity contribution in [1.29, 1.82) is 0 Å². The van der Waals surface area contributed by atoms with E-state index < -0.39 is 17.5 Å². The van der Waals surface area contributed by atoms with Crippen LogP contribution >= 0.6 is 0 Å². The number of rotatable bonds is 3. The fourth-order valence-electron chi connectivity index (χ4n) is 3.62. The van der Waals surface area contributed by atoms with Crippen molar-refractivity contribution in [2.75, 3.05) is 0 Å². The lowest BCUT2D eigenvalue weighted by molar-refractivity contribution is -0.133. The summed E-state index contributed by atoms with van der Waals surface area (Å²) in [6, 6.07) is 8.32. The summed E-state index contributed by atoms with van der Waals surface area (Å²) in [6.07, 6.45) is 0.213. The van der Waals surface area contributed by atoms with Crippen molar-refractivity contribution >= 4 is 11.6 Å². The van der Waals surface area contributed by atoms with Gasteiger partial charge >= 0.3 is 0 Å². The average Bonchev–Trinajstić information content (AvgIpc) is 3.14. The highest BCUT2D eigenvalue weighted by atomic mass is 19.2. The van der Waals surface area contributed by atoms with E-state index in [9.17, 15) is 18.0 Å². The van der Waals surface area contributed by atoms with Gasteiger partial charge in [0.15, 0.2) is 28.9 Å². The number of hydrogen-bond acceptors (Lipinski definition) is 3. The number of hydrogen-bond donors (Lipinski definition) is 0. The Morgan fingerprint density at radius 1 is 1.23 bits per heavy atom. The Balaban J connectivity index is 1.59. The van der Waals surface area contributed by atoms with Crippen LogP contribution in [0.25, 0.3) is 16.2 Å². The molecule has 1 aliphatic heterocycles. The van der Waals surface area contributed by atoms with E-state index in [2.05, 4.69) is 10.0 Å². The normalized spacial score (nSPS) is 15.6. The van der Waals surface area contributed by atoms with Crippen LogP contribution in [0.15, 0.2) is 40.9 Å². The number of aromatic nitrogens is 1. The Morgan fingerprint density at radius 2 is 1.90 bits per heavy atom. The molecule has 4 rings (SSSR count). The standard InChI is InChI=1S/C22H16F3N3O2/c1-12-7-19-16(22(30-27-19)14-3-5-15(26-2)6-4-14)11-28(12)20(29)10-13-8-17(23)21(25)18(24)9-13/h3-6,8-9,12H,7,10-11H2,1H3/t12-/m0/s1. The number of halogens is 3. The molecule has 0 unspecified atom stereocenters. The van der Waals surface area contributed by atoms with Crippen LogP contribution in [0.4, 0.5) is 18.9 Å². The van der Waals surface area contributed by atoms with E-state index in [1.54, 1.807) is 29.2 Å². The minimum Gasteiger partial charge on any atom is -0.356 e. The molecule has 0 spiro atoms. The van der Waals surface area contributed by atoms with Crippen LogP contribution in [0.5, 0.6) is 0 Å². The second-order valence-corrected chi connectivity index (χ2v) is 7.22. The van der Waals surface area contributed by atoms with Crippen molar-refractivity contribution < 1.29 is 22.5 Å². The second-order valence-electron chi connectivity index (χ2n) is 7.22. The molecule has 0 saturated carbocycles. The van der Waals surface area contributed by atoms with Gasteiger partial charge in [-0.25, -0.2) is 18.0 Å². The molecule has 2 aromatic carbocycles. The van der Waals surface area contributed by atoms with Crippen molar-refractivity contribution in [2.45, 2.75) is 32.4 Å². The molecule has 1 aromatic heterocycles. The summed E-state index contributed by atoms with van der Waals surface area (Å²) >= 11 is 0. The first kappa shape index (κ1) is 19.7. The second kappa shape index (κ2) is 7.67. The van der Waals surface area contributed by atoms with Gasteiger partial charge in [0.2, 0.25) is 5.91 Å². The fraction of sp³-hybridized carbons (Fsp3) is 0.227. The van der Waals surface area contributed by atoms with Gasteiger partial charge in [0.25, 0.3) is 0 Å². The lowest BCUT2D eigenvalue weighted by Crippen LogP contribution is -2.43. The first-order valence-electron chi connectivity index (χ1n) is 9.25. The van der Waals surface area contributed by atoms with E-state index >= 15 is 0 Å². The molecule has 0 fully saturated rings. The highest BCUT2D eigenvalue weighted by molar-refractivity contribution is 5.80. The van der Waals surface area contributed by atoms with E-state index in [0.29, 0.717) is 17.9 Å². The summed E-state index contributed by atoms with van der Waals surface area (Å²) in [5.74, 6) is -4.02. The topological polar surface area (TPSA) is 50.7 Å². The minimum atomic E-state index is -1.56.